The van der Waals surface area contributed by atoms with Crippen LogP contribution in [0.15, 0.2) is 30.3 Å². The van der Waals surface area contributed by atoms with Crippen LogP contribution in [0.3, 0.4) is 0 Å². The standard InChI is InChI=1S/C10H11O2/c1-2-4-9(5-3-1)10-6-7-11-8-12-10/h1-5,8,10H,6-7H2. The molecule has 0 spiro atoms. The van der Waals surface area contributed by atoms with E-state index in [-0.39, 0.29) is 6.10 Å². The molecule has 1 radical (unpaired) electrons. The SMILES string of the molecule is [CH]1OCCC(c2ccccc2)O1. The quantitative estimate of drug-likeness (QED) is 0.632. The van der Waals surface area contributed by atoms with Gasteiger partial charge in [-0.05, 0) is 5.56 Å². The van der Waals surface area contributed by atoms with Gasteiger partial charge in [0.2, 0.25) is 6.79 Å². The van der Waals surface area contributed by atoms with Crippen LogP contribution >= 0.6 is 0 Å². The van der Waals surface area contributed by atoms with E-state index < -0.39 is 0 Å². The van der Waals surface area contributed by atoms with Gasteiger partial charge in [0.15, 0.2) is 0 Å². The first-order chi connectivity index (χ1) is 5.97. The molecule has 2 rings (SSSR count). The predicted octanol–water partition coefficient (Wildman–Crippen LogP) is 2.28. The average Bonchev–Trinajstić information content (AvgIpc) is 2.21. The zero-order valence-electron chi connectivity index (χ0n) is 6.77. The average molecular weight is 163 g/mol. The van der Waals surface area contributed by atoms with Crippen LogP contribution in [-0.2, 0) is 9.47 Å². The number of ether oxygens (including phenoxy) is 2. The van der Waals surface area contributed by atoms with Crippen molar-refractivity contribution >= 4 is 0 Å². The van der Waals surface area contributed by atoms with E-state index in [2.05, 4.69) is 12.1 Å². The Morgan fingerprint density at radius 2 is 2.00 bits per heavy atom. The summed E-state index contributed by atoms with van der Waals surface area (Å²) in [6.45, 7) is 2.18. The lowest BCUT2D eigenvalue weighted by atomic mass is 10.1. The van der Waals surface area contributed by atoms with Gasteiger partial charge in [-0.3, -0.25) is 0 Å². The predicted molar refractivity (Wildman–Crippen MR) is 45.1 cm³/mol. The van der Waals surface area contributed by atoms with E-state index in [1.165, 1.54) is 12.4 Å². The monoisotopic (exact) mass is 163 g/mol. The minimum absolute atomic E-state index is 0.181. The van der Waals surface area contributed by atoms with Crippen molar-refractivity contribution in [2.24, 2.45) is 0 Å². The third kappa shape index (κ3) is 1.65. The molecule has 1 fully saturated rings. The Kier molecular flexibility index (Phi) is 2.39. The van der Waals surface area contributed by atoms with Gasteiger partial charge in [0.05, 0.1) is 12.7 Å². The summed E-state index contributed by atoms with van der Waals surface area (Å²) >= 11 is 0. The third-order valence-electron chi connectivity index (χ3n) is 1.96. The van der Waals surface area contributed by atoms with Gasteiger partial charge in [0, 0.05) is 6.42 Å². The van der Waals surface area contributed by atoms with Crippen molar-refractivity contribution in [2.45, 2.75) is 12.5 Å². The van der Waals surface area contributed by atoms with Gasteiger partial charge in [-0.15, -0.1) is 0 Å². The third-order valence-corrected chi connectivity index (χ3v) is 1.96. The molecule has 1 heterocycles. The molecule has 63 valence electrons. The van der Waals surface area contributed by atoms with Crippen LogP contribution in [0.4, 0.5) is 0 Å². The first-order valence-electron chi connectivity index (χ1n) is 4.10. The molecule has 0 N–H and O–H groups in total. The molecule has 1 unspecified atom stereocenters. The summed E-state index contributed by atoms with van der Waals surface area (Å²) in [5.41, 5.74) is 1.22. The number of hydrogen-bond acceptors (Lipinski definition) is 2. The normalized spacial score (nSPS) is 23.8. The topological polar surface area (TPSA) is 18.5 Å². The summed E-state index contributed by atoms with van der Waals surface area (Å²) in [5, 5.41) is 0. The van der Waals surface area contributed by atoms with Crippen LogP contribution in [-0.4, -0.2) is 6.61 Å². The van der Waals surface area contributed by atoms with Crippen molar-refractivity contribution < 1.29 is 9.47 Å². The molecule has 0 amide bonds. The van der Waals surface area contributed by atoms with Crippen LogP contribution in [0.5, 0.6) is 0 Å². The molecule has 12 heavy (non-hydrogen) atoms. The Balaban J connectivity index is 2.08. The molecule has 1 aromatic carbocycles. The molecule has 0 aromatic heterocycles. The van der Waals surface area contributed by atoms with Gasteiger partial charge >= 0.3 is 0 Å². The lowest BCUT2D eigenvalue weighted by Gasteiger charge is -2.21. The number of rotatable bonds is 1. The maximum Gasteiger partial charge on any atom is 0.210 e. The Hall–Kier alpha value is -0.860. The minimum atomic E-state index is 0.181. The zero-order chi connectivity index (χ0) is 8.23. The first-order valence-corrected chi connectivity index (χ1v) is 4.10. The largest absolute Gasteiger partial charge is 0.348 e. The van der Waals surface area contributed by atoms with E-state index in [9.17, 15) is 0 Å². The summed E-state index contributed by atoms with van der Waals surface area (Å²) in [6, 6.07) is 10.2. The van der Waals surface area contributed by atoms with E-state index in [1.54, 1.807) is 0 Å². The fraction of sp³-hybridized carbons (Fsp3) is 0.300. The summed E-state index contributed by atoms with van der Waals surface area (Å²) in [6.07, 6.45) is 1.11. The number of benzene rings is 1. The van der Waals surface area contributed by atoms with Gasteiger partial charge in [-0.2, -0.15) is 0 Å². The fourth-order valence-electron chi connectivity index (χ4n) is 1.31. The Morgan fingerprint density at radius 1 is 1.17 bits per heavy atom. The van der Waals surface area contributed by atoms with Gasteiger partial charge in [-0.1, -0.05) is 30.3 Å². The second-order valence-electron chi connectivity index (χ2n) is 2.79. The van der Waals surface area contributed by atoms with E-state index in [4.69, 9.17) is 9.47 Å². The van der Waals surface area contributed by atoms with Crippen LogP contribution in [0, 0.1) is 6.79 Å². The Labute approximate surface area is 72.1 Å². The summed E-state index contributed by atoms with van der Waals surface area (Å²) < 4.78 is 10.3. The van der Waals surface area contributed by atoms with Gasteiger partial charge in [-0.25, -0.2) is 0 Å². The van der Waals surface area contributed by atoms with Crippen LogP contribution < -0.4 is 0 Å². The van der Waals surface area contributed by atoms with Crippen molar-refractivity contribution in [1.82, 2.24) is 0 Å². The van der Waals surface area contributed by atoms with E-state index in [1.807, 2.05) is 18.2 Å². The molecular weight excluding hydrogens is 152 g/mol. The molecule has 0 bridgehead atoms. The van der Waals surface area contributed by atoms with Crippen LogP contribution in [0.25, 0.3) is 0 Å². The molecule has 2 heteroatoms. The smallest absolute Gasteiger partial charge is 0.210 e. The maximum atomic E-state index is 5.32. The molecule has 1 aliphatic rings. The van der Waals surface area contributed by atoms with Gasteiger partial charge < -0.3 is 9.47 Å². The van der Waals surface area contributed by atoms with Crippen molar-refractivity contribution in [3.05, 3.63) is 42.7 Å². The van der Waals surface area contributed by atoms with Crippen molar-refractivity contribution in [3.63, 3.8) is 0 Å². The number of hydrogen-bond donors (Lipinski definition) is 0. The van der Waals surface area contributed by atoms with E-state index in [0.29, 0.717) is 0 Å². The molecular formula is C10H11O2. The molecule has 2 nitrogen and oxygen atoms in total. The highest BCUT2D eigenvalue weighted by Gasteiger charge is 2.15. The summed E-state index contributed by atoms with van der Waals surface area (Å²) in [5.74, 6) is 0. The summed E-state index contributed by atoms with van der Waals surface area (Å²) in [4.78, 5) is 0. The summed E-state index contributed by atoms with van der Waals surface area (Å²) in [7, 11) is 0. The second kappa shape index (κ2) is 3.70. The van der Waals surface area contributed by atoms with Crippen molar-refractivity contribution in [2.75, 3.05) is 6.61 Å². The molecule has 1 atom stereocenters. The van der Waals surface area contributed by atoms with E-state index >= 15 is 0 Å². The van der Waals surface area contributed by atoms with Crippen LogP contribution in [0.1, 0.15) is 18.1 Å². The van der Waals surface area contributed by atoms with E-state index in [0.717, 1.165) is 13.0 Å². The highest BCUT2D eigenvalue weighted by molar-refractivity contribution is 5.17. The lowest BCUT2D eigenvalue weighted by molar-refractivity contribution is -0.0778. The molecule has 0 aliphatic carbocycles. The molecule has 0 saturated carbocycles. The van der Waals surface area contributed by atoms with Crippen molar-refractivity contribution in [3.8, 4) is 0 Å². The first kappa shape index (κ1) is 7.77. The van der Waals surface area contributed by atoms with Crippen molar-refractivity contribution in [1.29, 1.82) is 0 Å². The lowest BCUT2D eigenvalue weighted by Crippen LogP contribution is -2.13. The molecule has 1 aliphatic heterocycles. The fourth-order valence-corrected chi connectivity index (χ4v) is 1.31. The second-order valence-corrected chi connectivity index (χ2v) is 2.79. The van der Waals surface area contributed by atoms with Gasteiger partial charge in [0.25, 0.3) is 0 Å². The minimum Gasteiger partial charge on any atom is -0.348 e. The van der Waals surface area contributed by atoms with Crippen LogP contribution in [0.2, 0.25) is 0 Å². The Bertz CT molecular complexity index is 227. The zero-order valence-corrected chi connectivity index (χ0v) is 6.77. The van der Waals surface area contributed by atoms with Gasteiger partial charge in [0.1, 0.15) is 0 Å². The molecule has 1 saturated heterocycles. The Morgan fingerprint density at radius 3 is 2.67 bits per heavy atom. The molecule has 1 aromatic rings. The highest BCUT2D eigenvalue weighted by atomic mass is 16.7. The highest BCUT2D eigenvalue weighted by Crippen LogP contribution is 2.25. The maximum absolute atomic E-state index is 5.32.